The molecule has 57 heavy (non-hydrogen) atoms. The lowest BCUT2D eigenvalue weighted by molar-refractivity contribution is 1.18. The van der Waals surface area contributed by atoms with E-state index in [2.05, 4.69) is 228 Å². The van der Waals surface area contributed by atoms with Gasteiger partial charge in [-0.3, -0.25) is 0 Å². The molecule has 2 heterocycles. The fourth-order valence-corrected chi connectivity index (χ4v) is 8.79. The van der Waals surface area contributed by atoms with Gasteiger partial charge in [0, 0.05) is 32.9 Å². The minimum atomic E-state index is 0.946. The number of hydrogen-bond acceptors (Lipinski definition) is 0. The number of para-hydroxylation sites is 3. The van der Waals surface area contributed by atoms with Crippen LogP contribution in [0.2, 0.25) is 0 Å². The van der Waals surface area contributed by atoms with Crippen molar-refractivity contribution in [2.75, 3.05) is 0 Å². The van der Waals surface area contributed by atoms with E-state index < -0.39 is 0 Å². The molecular weight excluding hydrogens is 689 g/mol. The molecule has 268 valence electrons. The average molecular weight is 727 g/mol. The van der Waals surface area contributed by atoms with Gasteiger partial charge in [-0.15, -0.1) is 0 Å². The predicted molar refractivity (Wildman–Crippen MR) is 242 cm³/mol. The van der Waals surface area contributed by atoms with Crippen LogP contribution in [0.4, 0.5) is 0 Å². The molecule has 11 rings (SSSR count). The normalized spacial score (nSPS) is 12.8. The van der Waals surface area contributed by atoms with E-state index in [0.717, 1.165) is 12.1 Å². The summed E-state index contributed by atoms with van der Waals surface area (Å²) < 4.78 is 4.82. The molecule has 8 aromatic carbocycles. The van der Waals surface area contributed by atoms with Crippen LogP contribution in [0.1, 0.15) is 12.0 Å². The molecule has 10 aromatic rings. The number of aromatic nitrogens is 2. The number of rotatable bonds is 6. The van der Waals surface area contributed by atoms with E-state index in [9.17, 15) is 0 Å². The van der Waals surface area contributed by atoms with Gasteiger partial charge >= 0.3 is 0 Å². The molecule has 2 heteroatoms. The monoisotopic (exact) mass is 726 g/mol. The Bertz CT molecular complexity index is 3240. The third kappa shape index (κ3) is 5.73. The minimum Gasteiger partial charge on any atom is -0.309 e. The lowest BCUT2D eigenvalue weighted by atomic mass is 9.93. The Balaban J connectivity index is 1.07. The zero-order valence-electron chi connectivity index (χ0n) is 31.4. The van der Waals surface area contributed by atoms with Gasteiger partial charge in [-0.2, -0.15) is 0 Å². The largest absolute Gasteiger partial charge is 0.309 e. The van der Waals surface area contributed by atoms with E-state index in [1.165, 1.54) is 93.8 Å². The lowest BCUT2D eigenvalue weighted by Gasteiger charge is -2.14. The van der Waals surface area contributed by atoms with Crippen molar-refractivity contribution < 1.29 is 0 Å². The molecule has 0 atom stereocenters. The maximum absolute atomic E-state index is 2.45. The van der Waals surface area contributed by atoms with Crippen molar-refractivity contribution in [3.05, 3.63) is 224 Å². The average Bonchev–Trinajstić information content (AvgIpc) is 3.63. The van der Waals surface area contributed by atoms with Crippen LogP contribution < -0.4 is 0 Å². The summed E-state index contributed by atoms with van der Waals surface area (Å²) in [6, 6.07) is 68.9. The van der Waals surface area contributed by atoms with Crippen molar-refractivity contribution in [1.29, 1.82) is 0 Å². The summed E-state index contributed by atoms with van der Waals surface area (Å²) in [6.45, 7) is 0. The summed E-state index contributed by atoms with van der Waals surface area (Å²) in [5.41, 5.74) is 16.7. The first kappa shape index (κ1) is 33.0. The first-order chi connectivity index (χ1) is 28.3. The van der Waals surface area contributed by atoms with E-state index in [1.807, 2.05) is 0 Å². The topological polar surface area (TPSA) is 9.86 Å². The van der Waals surface area contributed by atoms with Crippen molar-refractivity contribution in [3.8, 4) is 44.8 Å². The van der Waals surface area contributed by atoms with Crippen LogP contribution in [0.25, 0.3) is 93.9 Å². The second kappa shape index (κ2) is 13.7. The van der Waals surface area contributed by atoms with Crippen LogP contribution in [0.15, 0.2) is 218 Å². The number of hydrogen-bond donors (Lipinski definition) is 0. The van der Waals surface area contributed by atoms with Gasteiger partial charge in [0.25, 0.3) is 0 Å². The highest BCUT2D eigenvalue weighted by atomic mass is 15.0. The summed E-state index contributed by atoms with van der Waals surface area (Å²) in [6.07, 6.45) is 12.0. The molecule has 2 nitrogen and oxygen atoms in total. The molecule has 1 aliphatic rings. The Morgan fingerprint density at radius 2 is 0.877 bits per heavy atom. The SMILES string of the molecule is C1=CCC=CC(c2cc(-c3ccccc3)cc(-c3cccc(-n4c5ccccc5c5ccc(-c6ccc7c(c6)c6ccccc6n7-c6ccccc6)cc54)c3)c2)=C1. The number of nitrogens with zero attached hydrogens (tertiary/aromatic N) is 2. The quantitative estimate of drug-likeness (QED) is 0.161. The Kier molecular flexibility index (Phi) is 7.93. The van der Waals surface area contributed by atoms with Gasteiger partial charge in [0.05, 0.1) is 22.1 Å². The Morgan fingerprint density at radius 1 is 0.316 bits per heavy atom. The van der Waals surface area contributed by atoms with Crippen LogP contribution in [-0.2, 0) is 0 Å². The molecule has 0 bridgehead atoms. The summed E-state index contributed by atoms with van der Waals surface area (Å²) in [5.74, 6) is 0. The van der Waals surface area contributed by atoms with Crippen molar-refractivity contribution in [2.24, 2.45) is 0 Å². The maximum Gasteiger partial charge on any atom is 0.0547 e. The second-order valence-corrected chi connectivity index (χ2v) is 14.9. The van der Waals surface area contributed by atoms with E-state index in [4.69, 9.17) is 0 Å². The van der Waals surface area contributed by atoms with Gasteiger partial charge in [-0.05, 0) is 124 Å². The number of fused-ring (bicyclic) bond motifs is 6. The minimum absolute atomic E-state index is 0.946. The van der Waals surface area contributed by atoms with Gasteiger partial charge in [0.15, 0.2) is 0 Å². The van der Waals surface area contributed by atoms with Gasteiger partial charge in [0.2, 0.25) is 0 Å². The fourth-order valence-electron chi connectivity index (χ4n) is 8.79. The van der Waals surface area contributed by atoms with Crippen LogP contribution in [0.5, 0.6) is 0 Å². The van der Waals surface area contributed by atoms with Gasteiger partial charge in [-0.1, -0.05) is 146 Å². The molecule has 1 aliphatic carbocycles. The smallest absolute Gasteiger partial charge is 0.0547 e. The van der Waals surface area contributed by atoms with Crippen molar-refractivity contribution in [1.82, 2.24) is 9.13 Å². The first-order valence-electron chi connectivity index (χ1n) is 19.7. The molecule has 0 N–H and O–H groups in total. The molecule has 0 fully saturated rings. The fraction of sp³-hybridized carbons (Fsp3) is 0.0182. The second-order valence-electron chi connectivity index (χ2n) is 14.9. The van der Waals surface area contributed by atoms with Crippen LogP contribution >= 0.6 is 0 Å². The summed E-state index contributed by atoms with van der Waals surface area (Å²) in [7, 11) is 0. The van der Waals surface area contributed by atoms with E-state index in [1.54, 1.807) is 0 Å². The zero-order chi connectivity index (χ0) is 37.7. The third-order valence-corrected chi connectivity index (χ3v) is 11.5. The van der Waals surface area contributed by atoms with E-state index >= 15 is 0 Å². The van der Waals surface area contributed by atoms with E-state index in [0.29, 0.717) is 0 Å². The van der Waals surface area contributed by atoms with Crippen molar-refractivity contribution in [2.45, 2.75) is 6.42 Å². The maximum atomic E-state index is 2.45. The van der Waals surface area contributed by atoms with Gasteiger partial charge in [0.1, 0.15) is 0 Å². The highest BCUT2D eigenvalue weighted by Gasteiger charge is 2.17. The Morgan fingerprint density at radius 3 is 1.68 bits per heavy atom. The molecule has 0 amide bonds. The van der Waals surface area contributed by atoms with Gasteiger partial charge < -0.3 is 9.13 Å². The van der Waals surface area contributed by atoms with E-state index in [-0.39, 0.29) is 0 Å². The van der Waals surface area contributed by atoms with Crippen molar-refractivity contribution in [3.63, 3.8) is 0 Å². The Hall–Kier alpha value is -7.42. The number of benzene rings is 8. The third-order valence-electron chi connectivity index (χ3n) is 11.5. The molecule has 0 aliphatic heterocycles. The lowest BCUT2D eigenvalue weighted by Crippen LogP contribution is -1.95. The van der Waals surface area contributed by atoms with Crippen LogP contribution in [0.3, 0.4) is 0 Å². The molecule has 0 unspecified atom stereocenters. The van der Waals surface area contributed by atoms with Crippen molar-refractivity contribution >= 4 is 49.2 Å². The molecular formula is C55H38N2. The summed E-state index contributed by atoms with van der Waals surface area (Å²) >= 11 is 0. The van der Waals surface area contributed by atoms with Gasteiger partial charge in [-0.25, -0.2) is 0 Å². The first-order valence-corrected chi connectivity index (χ1v) is 19.7. The molecule has 2 aromatic heterocycles. The molecule has 0 spiro atoms. The van der Waals surface area contributed by atoms with Crippen LogP contribution in [-0.4, -0.2) is 9.13 Å². The number of allylic oxidation sites excluding steroid dienone is 6. The summed E-state index contributed by atoms with van der Waals surface area (Å²) in [5, 5.41) is 5.00. The highest BCUT2D eigenvalue weighted by Crippen LogP contribution is 2.39. The zero-order valence-corrected chi connectivity index (χ0v) is 31.4. The Labute approximate surface area is 332 Å². The molecule has 0 radical (unpaired) electrons. The highest BCUT2D eigenvalue weighted by molar-refractivity contribution is 6.12. The summed E-state index contributed by atoms with van der Waals surface area (Å²) in [4.78, 5) is 0. The standard InChI is InChI=1S/C55H38N2/c1-2-6-17-38(16-5-1)43-32-44(39-18-7-3-8-19-39)34-45(33-43)40-20-15-23-47(35-40)57-52-26-13-11-24-48(52)50-30-28-42(37-55(50)57)41-29-31-54-51(36-41)49-25-12-14-27-53(49)56(54)46-21-9-4-10-22-46/h1,3-37H,2H2. The molecule has 0 saturated carbocycles. The predicted octanol–water partition coefficient (Wildman–Crippen LogP) is 14.8. The molecule has 0 saturated heterocycles. The van der Waals surface area contributed by atoms with Crippen LogP contribution in [0, 0.1) is 0 Å².